The summed E-state index contributed by atoms with van der Waals surface area (Å²) >= 11 is 0. The lowest BCUT2D eigenvalue weighted by atomic mass is 9.77. The van der Waals surface area contributed by atoms with Crippen LogP contribution in [0.15, 0.2) is 90.1 Å². The van der Waals surface area contributed by atoms with Crippen LogP contribution in [0.2, 0.25) is 0 Å². The van der Waals surface area contributed by atoms with Crippen LogP contribution in [0.4, 0.5) is 0 Å². The van der Waals surface area contributed by atoms with Crippen LogP contribution in [0.3, 0.4) is 0 Å². The SMILES string of the molecule is Cc1cccc([C@H](CC(=O)c2ccccc2)[C@@H]2C(=O)ON=C2c2ccccc2)c1. The maximum atomic E-state index is 13.0. The lowest BCUT2D eigenvalue weighted by molar-refractivity contribution is -0.143. The molecule has 144 valence electrons. The minimum atomic E-state index is -0.633. The Kier molecular flexibility index (Phi) is 5.34. The predicted octanol–water partition coefficient (Wildman–Crippen LogP) is 4.93. The second kappa shape index (κ2) is 8.23. The summed E-state index contributed by atoms with van der Waals surface area (Å²) in [5.41, 5.74) is 4.04. The Balaban J connectivity index is 1.74. The highest BCUT2D eigenvalue weighted by Crippen LogP contribution is 2.36. The van der Waals surface area contributed by atoms with E-state index in [9.17, 15) is 9.59 Å². The number of oxime groups is 1. The largest absolute Gasteiger partial charge is 0.344 e. The van der Waals surface area contributed by atoms with Gasteiger partial charge in [0.1, 0.15) is 11.6 Å². The molecule has 1 heterocycles. The van der Waals surface area contributed by atoms with Crippen molar-refractivity contribution in [2.45, 2.75) is 19.3 Å². The molecule has 0 radical (unpaired) electrons. The molecule has 0 saturated heterocycles. The molecule has 0 N–H and O–H groups in total. The number of rotatable bonds is 6. The highest BCUT2D eigenvalue weighted by Gasteiger charge is 2.41. The van der Waals surface area contributed by atoms with Gasteiger partial charge in [-0.25, -0.2) is 4.79 Å². The van der Waals surface area contributed by atoms with E-state index < -0.39 is 11.9 Å². The summed E-state index contributed by atoms with van der Waals surface area (Å²) in [5.74, 6) is -1.43. The number of hydrogen-bond acceptors (Lipinski definition) is 4. The summed E-state index contributed by atoms with van der Waals surface area (Å²) in [6, 6.07) is 26.6. The van der Waals surface area contributed by atoms with Crippen LogP contribution in [0, 0.1) is 12.8 Å². The first-order valence-corrected chi connectivity index (χ1v) is 9.62. The minimum absolute atomic E-state index is 0.00998. The van der Waals surface area contributed by atoms with Crippen molar-refractivity contribution in [3.8, 4) is 0 Å². The average Bonchev–Trinajstić information content (AvgIpc) is 3.14. The lowest BCUT2D eigenvalue weighted by Crippen LogP contribution is -2.28. The number of ketones is 1. The van der Waals surface area contributed by atoms with Gasteiger partial charge in [0.05, 0.1) is 0 Å². The summed E-state index contributed by atoms with van der Waals surface area (Å²) in [6.45, 7) is 2.00. The standard InChI is InChI=1S/C25H21NO3/c1-17-9-8-14-20(15-17)21(16-22(27)18-10-4-2-5-11-18)23-24(26-29-25(23)28)19-12-6-3-7-13-19/h2-15,21,23H,16H2,1H3/t21-,23-/m0/s1. The molecule has 4 heteroatoms. The van der Waals surface area contributed by atoms with Crippen molar-refractivity contribution >= 4 is 17.5 Å². The van der Waals surface area contributed by atoms with Crippen molar-refractivity contribution in [3.63, 3.8) is 0 Å². The molecule has 4 rings (SSSR count). The molecule has 1 aliphatic rings. The zero-order valence-electron chi connectivity index (χ0n) is 16.1. The molecule has 0 amide bonds. The van der Waals surface area contributed by atoms with Crippen molar-refractivity contribution in [1.82, 2.24) is 0 Å². The average molecular weight is 383 g/mol. The molecule has 1 aliphatic heterocycles. The number of benzene rings is 3. The first kappa shape index (κ1) is 18.8. The number of carbonyl (C=O) groups excluding carboxylic acids is 2. The molecule has 29 heavy (non-hydrogen) atoms. The van der Waals surface area contributed by atoms with Gasteiger partial charge in [-0.05, 0) is 12.5 Å². The van der Waals surface area contributed by atoms with Crippen molar-refractivity contribution in [1.29, 1.82) is 0 Å². The van der Waals surface area contributed by atoms with Gasteiger partial charge in [-0.3, -0.25) is 4.79 Å². The Bertz CT molecular complexity index is 1060. The van der Waals surface area contributed by atoms with Crippen LogP contribution in [-0.2, 0) is 9.63 Å². The molecule has 3 aromatic carbocycles. The summed E-state index contributed by atoms with van der Waals surface area (Å²) < 4.78 is 0. The van der Waals surface area contributed by atoms with Crippen LogP contribution in [0.25, 0.3) is 0 Å². The first-order valence-electron chi connectivity index (χ1n) is 9.62. The van der Waals surface area contributed by atoms with Crippen LogP contribution in [0.5, 0.6) is 0 Å². The van der Waals surface area contributed by atoms with Crippen molar-refractivity contribution in [2.24, 2.45) is 11.1 Å². The molecular formula is C25H21NO3. The van der Waals surface area contributed by atoms with Gasteiger partial charge in [-0.2, -0.15) is 0 Å². The van der Waals surface area contributed by atoms with Gasteiger partial charge in [0.2, 0.25) is 0 Å². The first-order chi connectivity index (χ1) is 14.1. The van der Waals surface area contributed by atoms with E-state index in [0.717, 1.165) is 16.7 Å². The lowest BCUT2D eigenvalue weighted by Gasteiger charge is -2.22. The molecule has 3 aromatic rings. The molecule has 0 bridgehead atoms. The van der Waals surface area contributed by atoms with Crippen molar-refractivity contribution in [3.05, 3.63) is 107 Å². The Hall–Kier alpha value is -3.53. The second-order valence-corrected chi connectivity index (χ2v) is 7.24. The normalized spacial score (nSPS) is 16.8. The van der Waals surface area contributed by atoms with E-state index in [-0.39, 0.29) is 18.1 Å². The number of Topliss-reactive ketones (excluding diaryl/α,β-unsaturated/α-hetero) is 1. The molecule has 0 spiro atoms. The molecule has 2 atom stereocenters. The molecule has 4 nitrogen and oxygen atoms in total. The second-order valence-electron chi connectivity index (χ2n) is 7.24. The zero-order chi connectivity index (χ0) is 20.2. The Labute approximate surface area is 169 Å². The summed E-state index contributed by atoms with van der Waals surface area (Å²) in [4.78, 5) is 30.8. The van der Waals surface area contributed by atoms with Crippen LogP contribution in [-0.4, -0.2) is 17.5 Å². The van der Waals surface area contributed by atoms with E-state index in [1.807, 2.05) is 79.7 Å². The Morgan fingerprint density at radius 2 is 1.66 bits per heavy atom. The van der Waals surface area contributed by atoms with E-state index in [0.29, 0.717) is 11.3 Å². The monoisotopic (exact) mass is 383 g/mol. The topological polar surface area (TPSA) is 55.7 Å². The number of carbonyl (C=O) groups is 2. The molecule has 0 aromatic heterocycles. The summed E-state index contributed by atoms with van der Waals surface area (Å²) in [5, 5.41) is 4.07. The number of nitrogens with zero attached hydrogens (tertiary/aromatic N) is 1. The molecule has 0 saturated carbocycles. The summed E-state index contributed by atoms with van der Waals surface area (Å²) in [6.07, 6.45) is 0.194. The van der Waals surface area contributed by atoms with Gasteiger partial charge >= 0.3 is 5.97 Å². The van der Waals surface area contributed by atoms with Gasteiger partial charge in [0, 0.05) is 23.5 Å². The maximum Gasteiger partial charge on any atom is 0.344 e. The van der Waals surface area contributed by atoms with Crippen LogP contribution >= 0.6 is 0 Å². The van der Waals surface area contributed by atoms with Crippen LogP contribution in [0.1, 0.15) is 39.4 Å². The van der Waals surface area contributed by atoms with Gasteiger partial charge in [-0.15, -0.1) is 0 Å². The highest BCUT2D eigenvalue weighted by atomic mass is 16.7. The molecule has 0 fully saturated rings. The molecule has 0 aliphatic carbocycles. The Morgan fingerprint density at radius 3 is 2.34 bits per heavy atom. The number of aryl methyl sites for hydroxylation is 1. The van der Waals surface area contributed by atoms with E-state index in [1.54, 1.807) is 12.1 Å². The third-order valence-electron chi connectivity index (χ3n) is 5.23. The van der Waals surface area contributed by atoms with E-state index in [1.165, 1.54) is 0 Å². The minimum Gasteiger partial charge on any atom is -0.317 e. The zero-order valence-corrected chi connectivity index (χ0v) is 16.1. The van der Waals surface area contributed by atoms with E-state index >= 15 is 0 Å². The quantitative estimate of drug-likeness (QED) is 0.448. The van der Waals surface area contributed by atoms with Crippen molar-refractivity contribution in [2.75, 3.05) is 0 Å². The van der Waals surface area contributed by atoms with Crippen molar-refractivity contribution < 1.29 is 14.4 Å². The molecule has 0 unspecified atom stereocenters. The van der Waals surface area contributed by atoms with E-state index in [2.05, 4.69) is 5.16 Å². The van der Waals surface area contributed by atoms with E-state index in [4.69, 9.17) is 4.84 Å². The fourth-order valence-corrected chi connectivity index (χ4v) is 3.79. The fourth-order valence-electron chi connectivity index (χ4n) is 3.79. The van der Waals surface area contributed by atoms with Gasteiger partial charge in [0.15, 0.2) is 5.78 Å². The predicted molar refractivity (Wildman–Crippen MR) is 112 cm³/mol. The van der Waals surface area contributed by atoms with Gasteiger partial charge < -0.3 is 4.84 Å². The fraction of sp³-hybridized carbons (Fsp3) is 0.160. The molecular weight excluding hydrogens is 362 g/mol. The van der Waals surface area contributed by atoms with Gasteiger partial charge in [-0.1, -0.05) is 95.6 Å². The smallest absolute Gasteiger partial charge is 0.317 e. The number of hydrogen-bond donors (Lipinski definition) is 0. The van der Waals surface area contributed by atoms with Crippen LogP contribution < -0.4 is 0 Å². The third-order valence-corrected chi connectivity index (χ3v) is 5.23. The summed E-state index contributed by atoms with van der Waals surface area (Å²) in [7, 11) is 0. The maximum absolute atomic E-state index is 13.0. The third kappa shape index (κ3) is 4.02. The highest BCUT2D eigenvalue weighted by molar-refractivity contribution is 6.15. The van der Waals surface area contributed by atoms with Gasteiger partial charge in [0.25, 0.3) is 0 Å². The Morgan fingerprint density at radius 1 is 0.966 bits per heavy atom.